The molecule has 2 amide bonds. The SMILES string of the molecule is C[C@@]12C[C@@H]3[C@H](C[C@H]1C(=O)N(C1CCCCC1)C2=O)[C@@]1(Cl)C(Cl)=C(Cl)[C@@]3(Cl)C1(Cl)Cl. The van der Waals surface area contributed by atoms with Crippen molar-refractivity contribution in [1.82, 2.24) is 4.90 Å². The van der Waals surface area contributed by atoms with Gasteiger partial charge in [0.25, 0.3) is 0 Å². The zero-order valence-corrected chi connectivity index (χ0v) is 20.3. The Balaban J connectivity index is 1.57. The number of carbonyl (C=O) groups is 2. The molecule has 6 atom stereocenters. The van der Waals surface area contributed by atoms with E-state index >= 15 is 0 Å². The molecule has 9 heteroatoms. The summed E-state index contributed by atoms with van der Waals surface area (Å²) in [6.07, 6.45) is 5.71. The van der Waals surface area contributed by atoms with Crippen LogP contribution >= 0.6 is 69.6 Å². The summed E-state index contributed by atoms with van der Waals surface area (Å²) in [5, 5.41) is 0.316. The van der Waals surface area contributed by atoms with Gasteiger partial charge in [-0.2, -0.15) is 0 Å². The van der Waals surface area contributed by atoms with E-state index in [1.54, 1.807) is 4.90 Å². The molecule has 0 aromatic carbocycles. The molecule has 0 unspecified atom stereocenters. The molecule has 0 aromatic heterocycles. The summed E-state index contributed by atoms with van der Waals surface area (Å²) in [6.45, 7) is 1.87. The fourth-order valence-electron chi connectivity index (χ4n) is 6.77. The molecule has 2 bridgehead atoms. The Morgan fingerprint density at radius 3 is 2.03 bits per heavy atom. The van der Waals surface area contributed by atoms with Crippen LogP contribution in [0.5, 0.6) is 0 Å². The first kappa shape index (κ1) is 21.5. The zero-order chi connectivity index (χ0) is 21.1. The Bertz CT molecular complexity index is 854. The summed E-state index contributed by atoms with van der Waals surface area (Å²) in [5.74, 6) is -1.37. The van der Waals surface area contributed by atoms with E-state index in [0.29, 0.717) is 12.8 Å². The quantitative estimate of drug-likeness (QED) is 0.306. The number of amides is 2. The summed E-state index contributed by atoms with van der Waals surface area (Å²) in [5.41, 5.74) is -0.858. The molecule has 0 aromatic rings. The van der Waals surface area contributed by atoms with Crippen LogP contribution in [0, 0.1) is 23.2 Å². The first-order valence-electron chi connectivity index (χ1n) is 10.1. The number of carbonyl (C=O) groups excluding carboxylic acids is 2. The van der Waals surface area contributed by atoms with Crippen molar-refractivity contribution in [3.8, 4) is 0 Å². The average Bonchev–Trinajstić information content (AvgIpc) is 3.01. The Morgan fingerprint density at radius 1 is 0.897 bits per heavy atom. The van der Waals surface area contributed by atoms with Crippen LogP contribution in [-0.4, -0.2) is 36.8 Å². The highest BCUT2D eigenvalue weighted by Crippen LogP contribution is 2.80. The number of likely N-dealkylation sites (tertiary alicyclic amines) is 1. The fraction of sp³-hybridized carbons (Fsp3) is 0.800. The summed E-state index contributed by atoms with van der Waals surface area (Å²) in [6, 6.07) is -0.0110. The fourth-order valence-corrected chi connectivity index (χ4v) is 9.86. The van der Waals surface area contributed by atoms with Crippen molar-refractivity contribution in [1.29, 1.82) is 0 Å². The normalized spacial score (nSPS) is 49.1. The largest absolute Gasteiger partial charge is 0.279 e. The monoisotopic (exact) mass is 517 g/mol. The van der Waals surface area contributed by atoms with Gasteiger partial charge in [0.05, 0.1) is 21.4 Å². The number of halogens is 6. The first-order chi connectivity index (χ1) is 13.4. The molecule has 5 rings (SSSR count). The molecule has 5 aliphatic rings. The molecule has 0 radical (unpaired) electrons. The van der Waals surface area contributed by atoms with Crippen LogP contribution in [0.3, 0.4) is 0 Å². The van der Waals surface area contributed by atoms with E-state index < -0.39 is 25.4 Å². The van der Waals surface area contributed by atoms with Crippen LogP contribution in [0.25, 0.3) is 0 Å². The van der Waals surface area contributed by atoms with Crippen molar-refractivity contribution >= 4 is 81.4 Å². The lowest BCUT2D eigenvalue weighted by Gasteiger charge is -2.46. The first-order valence-corrected chi connectivity index (χ1v) is 12.4. The molecular formula is C20H21Cl6NO2. The lowest BCUT2D eigenvalue weighted by molar-refractivity contribution is -0.145. The van der Waals surface area contributed by atoms with Crippen molar-refractivity contribution < 1.29 is 9.59 Å². The van der Waals surface area contributed by atoms with Gasteiger partial charge >= 0.3 is 0 Å². The van der Waals surface area contributed by atoms with Gasteiger partial charge in [-0.1, -0.05) is 65.7 Å². The molecule has 3 saturated carbocycles. The lowest BCUT2D eigenvalue weighted by atomic mass is 9.58. The van der Waals surface area contributed by atoms with E-state index in [-0.39, 0.29) is 39.8 Å². The molecule has 0 spiro atoms. The predicted octanol–water partition coefficient (Wildman–Crippen LogP) is 6.18. The van der Waals surface area contributed by atoms with E-state index in [0.717, 1.165) is 32.1 Å². The molecule has 4 aliphatic carbocycles. The highest BCUT2D eigenvalue weighted by atomic mass is 35.5. The Hall–Kier alpha value is 0.620. The number of alkyl halides is 4. The second kappa shape index (κ2) is 6.35. The standard InChI is InChI=1S/C20H21Cl6NO2/c1-17-8-12-10(18(23)13(21)14(22)19(12,24)20(18,25)26)7-11(17)15(28)27(16(17)29)9-5-3-2-4-6-9/h9-12H,2-8H2,1H3/t10-,11-,12+,17+,18+,19+/m0/s1. The topological polar surface area (TPSA) is 37.4 Å². The highest BCUT2D eigenvalue weighted by Gasteiger charge is 2.84. The van der Waals surface area contributed by atoms with E-state index in [2.05, 4.69) is 0 Å². The summed E-state index contributed by atoms with van der Waals surface area (Å²) in [7, 11) is 0. The van der Waals surface area contributed by atoms with Crippen LogP contribution in [0.2, 0.25) is 0 Å². The van der Waals surface area contributed by atoms with Crippen LogP contribution in [0.1, 0.15) is 51.9 Å². The van der Waals surface area contributed by atoms with E-state index in [4.69, 9.17) is 69.6 Å². The molecule has 0 N–H and O–H groups in total. The number of hydrogen-bond donors (Lipinski definition) is 0. The molecule has 1 heterocycles. The van der Waals surface area contributed by atoms with E-state index in [9.17, 15) is 9.59 Å². The van der Waals surface area contributed by atoms with Crippen molar-refractivity contribution in [3.05, 3.63) is 10.1 Å². The minimum Gasteiger partial charge on any atom is -0.279 e. The third kappa shape index (κ3) is 2.22. The summed E-state index contributed by atoms with van der Waals surface area (Å²) in [4.78, 5) is 25.8. The number of rotatable bonds is 1. The number of fused-ring (bicyclic) bond motifs is 6. The average molecular weight is 520 g/mol. The Morgan fingerprint density at radius 2 is 1.45 bits per heavy atom. The van der Waals surface area contributed by atoms with Crippen molar-refractivity contribution in [3.63, 3.8) is 0 Å². The van der Waals surface area contributed by atoms with E-state index in [1.807, 2.05) is 6.92 Å². The maximum atomic E-state index is 13.5. The van der Waals surface area contributed by atoms with Gasteiger partial charge in [-0.25, -0.2) is 0 Å². The number of allylic oxidation sites excluding steroid dienone is 2. The Kier molecular flexibility index (Phi) is 4.70. The minimum atomic E-state index is -1.63. The number of nitrogens with zero attached hydrogens (tertiary/aromatic N) is 1. The van der Waals surface area contributed by atoms with Crippen LogP contribution < -0.4 is 0 Å². The molecule has 1 saturated heterocycles. The van der Waals surface area contributed by atoms with Gasteiger partial charge < -0.3 is 0 Å². The molecule has 160 valence electrons. The van der Waals surface area contributed by atoms with Crippen molar-refractivity contribution in [2.45, 2.75) is 72.0 Å². The van der Waals surface area contributed by atoms with Gasteiger partial charge in [-0.05, 0) is 44.4 Å². The van der Waals surface area contributed by atoms with Gasteiger partial charge in [-0.15, -0.1) is 23.2 Å². The molecule has 3 nitrogen and oxygen atoms in total. The number of hydrogen-bond acceptors (Lipinski definition) is 2. The van der Waals surface area contributed by atoms with Crippen LogP contribution in [0.15, 0.2) is 10.1 Å². The lowest BCUT2D eigenvalue weighted by Crippen LogP contribution is -2.49. The van der Waals surface area contributed by atoms with Crippen molar-refractivity contribution in [2.75, 3.05) is 0 Å². The maximum Gasteiger partial charge on any atom is 0.236 e. The summed E-state index contributed by atoms with van der Waals surface area (Å²) >= 11 is 40.4. The molecule has 4 fully saturated rings. The second-order valence-corrected chi connectivity index (χ2v) is 12.8. The second-order valence-electron chi connectivity index (χ2n) is 9.55. The highest BCUT2D eigenvalue weighted by molar-refractivity contribution is 6.65. The third-order valence-corrected chi connectivity index (χ3v) is 12.7. The van der Waals surface area contributed by atoms with Crippen molar-refractivity contribution in [2.24, 2.45) is 23.2 Å². The smallest absolute Gasteiger partial charge is 0.236 e. The van der Waals surface area contributed by atoms with Crippen LogP contribution in [-0.2, 0) is 9.59 Å². The Labute approximate surface area is 200 Å². The maximum absolute atomic E-state index is 13.5. The van der Waals surface area contributed by atoms with Gasteiger partial charge in [0.15, 0.2) is 4.33 Å². The summed E-state index contributed by atoms with van der Waals surface area (Å²) < 4.78 is -1.63. The van der Waals surface area contributed by atoms with Gasteiger partial charge in [0, 0.05) is 6.04 Å². The van der Waals surface area contributed by atoms with Gasteiger partial charge in [0.1, 0.15) is 9.75 Å². The molecule has 1 aliphatic heterocycles. The van der Waals surface area contributed by atoms with Crippen LogP contribution in [0.4, 0.5) is 0 Å². The molecular weight excluding hydrogens is 499 g/mol. The van der Waals surface area contributed by atoms with Gasteiger partial charge in [-0.3, -0.25) is 14.5 Å². The number of imide groups is 1. The molecule has 29 heavy (non-hydrogen) atoms. The third-order valence-electron chi connectivity index (χ3n) is 8.34. The van der Waals surface area contributed by atoms with Gasteiger partial charge in [0.2, 0.25) is 11.8 Å². The predicted molar refractivity (Wildman–Crippen MR) is 117 cm³/mol. The van der Waals surface area contributed by atoms with E-state index in [1.165, 1.54) is 0 Å². The minimum absolute atomic E-state index is 0.0110. The zero-order valence-electron chi connectivity index (χ0n) is 15.8.